The van der Waals surface area contributed by atoms with E-state index in [4.69, 9.17) is 0 Å². The number of carbonyl (C=O) groups excluding carboxylic acids is 1. The number of nitrogens with one attached hydrogen (secondary N) is 1. The molecular formula is C19H26N4O3S. The van der Waals surface area contributed by atoms with Crippen molar-refractivity contribution in [2.24, 2.45) is 11.8 Å². The lowest BCUT2D eigenvalue weighted by Gasteiger charge is -2.34. The number of aromatic nitrogens is 2. The fourth-order valence-corrected chi connectivity index (χ4v) is 5.20. The second kappa shape index (κ2) is 7.82. The fourth-order valence-electron chi connectivity index (χ4n) is 3.52. The molecule has 1 aromatic carbocycles. The number of piperidine rings is 1. The molecule has 1 fully saturated rings. The zero-order chi connectivity index (χ0) is 19.6. The molecule has 2 unspecified atom stereocenters. The minimum absolute atomic E-state index is 0.251. The van der Waals surface area contributed by atoms with E-state index in [2.05, 4.69) is 24.3 Å². The van der Waals surface area contributed by atoms with Gasteiger partial charge in [0, 0.05) is 31.5 Å². The molecule has 1 N–H and O–H groups in total. The lowest BCUT2D eigenvalue weighted by molar-refractivity contribution is 0.102. The Labute approximate surface area is 160 Å². The summed E-state index contributed by atoms with van der Waals surface area (Å²) in [6, 6.07) is 6.33. The highest BCUT2D eigenvalue weighted by molar-refractivity contribution is 7.89. The van der Waals surface area contributed by atoms with Gasteiger partial charge in [-0.3, -0.25) is 9.48 Å². The van der Waals surface area contributed by atoms with E-state index in [1.165, 1.54) is 6.20 Å². The number of hydrogen-bond donors (Lipinski definition) is 1. The molecule has 1 aliphatic rings. The Balaban J connectivity index is 1.71. The van der Waals surface area contributed by atoms with Gasteiger partial charge in [-0.25, -0.2) is 8.42 Å². The highest BCUT2D eigenvalue weighted by Gasteiger charge is 2.31. The summed E-state index contributed by atoms with van der Waals surface area (Å²) >= 11 is 0. The van der Waals surface area contributed by atoms with Crippen molar-refractivity contribution >= 4 is 21.6 Å². The molecule has 8 heteroatoms. The van der Waals surface area contributed by atoms with Crippen LogP contribution in [0.25, 0.3) is 0 Å². The molecule has 2 heterocycles. The number of nitrogens with zero attached hydrogens (tertiary/aromatic N) is 3. The summed E-state index contributed by atoms with van der Waals surface area (Å²) < 4.78 is 29.0. The van der Waals surface area contributed by atoms with E-state index in [0.717, 1.165) is 6.42 Å². The summed E-state index contributed by atoms with van der Waals surface area (Å²) in [7, 11) is -3.52. The van der Waals surface area contributed by atoms with Crippen molar-refractivity contribution in [2.45, 2.75) is 38.6 Å². The van der Waals surface area contributed by atoms with Crippen LogP contribution in [0.3, 0.4) is 0 Å². The zero-order valence-corrected chi connectivity index (χ0v) is 16.7. The number of carbonyl (C=O) groups is 1. The number of hydrogen-bond acceptors (Lipinski definition) is 4. The fraction of sp³-hybridized carbons (Fsp3) is 0.474. The molecular weight excluding hydrogens is 364 g/mol. The van der Waals surface area contributed by atoms with Crippen LogP contribution in [0.2, 0.25) is 0 Å². The summed E-state index contributed by atoms with van der Waals surface area (Å²) in [6.07, 6.45) is 4.23. The molecule has 7 nitrogen and oxygen atoms in total. The number of sulfonamides is 1. The van der Waals surface area contributed by atoms with Gasteiger partial charge in [0.1, 0.15) is 0 Å². The van der Waals surface area contributed by atoms with Crippen molar-refractivity contribution in [2.75, 3.05) is 18.4 Å². The standard InChI is InChI=1S/C19H26N4O3S/c1-4-22-13-16(10-20-22)19(24)21-17-5-7-18(8-6-17)27(25,26)23-11-14(2)9-15(3)12-23/h5-8,10,13-15H,4,9,11-12H2,1-3H3,(H,21,24). The molecule has 0 bridgehead atoms. The second-order valence-electron chi connectivity index (χ2n) is 7.33. The molecule has 1 amide bonds. The van der Waals surface area contributed by atoms with E-state index in [-0.39, 0.29) is 10.8 Å². The summed E-state index contributed by atoms with van der Waals surface area (Å²) in [6.45, 7) is 7.89. The Kier molecular flexibility index (Phi) is 5.67. The van der Waals surface area contributed by atoms with Gasteiger partial charge >= 0.3 is 0 Å². The van der Waals surface area contributed by atoms with E-state index in [1.807, 2.05) is 6.92 Å². The van der Waals surface area contributed by atoms with Crippen LogP contribution in [-0.2, 0) is 16.6 Å². The van der Waals surface area contributed by atoms with Gasteiger partial charge in [0.25, 0.3) is 5.91 Å². The number of amides is 1. The smallest absolute Gasteiger partial charge is 0.258 e. The molecule has 0 spiro atoms. The van der Waals surface area contributed by atoms with Gasteiger partial charge in [-0.2, -0.15) is 9.40 Å². The van der Waals surface area contributed by atoms with Gasteiger partial charge in [0.15, 0.2) is 0 Å². The average Bonchev–Trinajstić information content (AvgIpc) is 3.11. The van der Waals surface area contributed by atoms with Crippen molar-refractivity contribution in [1.29, 1.82) is 0 Å². The van der Waals surface area contributed by atoms with E-state index >= 15 is 0 Å². The van der Waals surface area contributed by atoms with E-state index < -0.39 is 10.0 Å². The van der Waals surface area contributed by atoms with Crippen LogP contribution in [-0.4, -0.2) is 41.5 Å². The molecule has 0 aliphatic carbocycles. The first kappa shape index (κ1) is 19.6. The van der Waals surface area contributed by atoms with Crippen molar-refractivity contribution in [1.82, 2.24) is 14.1 Å². The summed E-state index contributed by atoms with van der Waals surface area (Å²) in [4.78, 5) is 12.5. The number of benzene rings is 1. The average molecular weight is 391 g/mol. The lowest BCUT2D eigenvalue weighted by atomic mass is 9.94. The normalized spacial score (nSPS) is 21.1. The van der Waals surface area contributed by atoms with Crippen molar-refractivity contribution < 1.29 is 13.2 Å². The maximum atomic E-state index is 12.9. The largest absolute Gasteiger partial charge is 0.322 e. The molecule has 3 rings (SSSR count). The minimum atomic E-state index is -3.52. The summed E-state index contributed by atoms with van der Waals surface area (Å²) in [5.41, 5.74) is 1.01. The molecule has 1 aliphatic heterocycles. The van der Waals surface area contributed by atoms with Crippen LogP contribution in [0.5, 0.6) is 0 Å². The van der Waals surface area contributed by atoms with Gasteiger partial charge in [0.05, 0.1) is 16.7 Å². The maximum absolute atomic E-state index is 12.9. The van der Waals surface area contributed by atoms with Gasteiger partial charge in [-0.05, 0) is 49.4 Å². The maximum Gasteiger partial charge on any atom is 0.258 e. The van der Waals surface area contributed by atoms with Crippen LogP contribution in [0.15, 0.2) is 41.6 Å². The molecule has 2 atom stereocenters. The van der Waals surface area contributed by atoms with Crippen LogP contribution in [0.4, 0.5) is 5.69 Å². The van der Waals surface area contributed by atoms with E-state index in [1.54, 1.807) is 39.4 Å². The zero-order valence-electron chi connectivity index (χ0n) is 15.9. The Morgan fingerprint density at radius 2 is 1.81 bits per heavy atom. The van der Waals surface area contributed by atoms with Gasteiger partial charge in [-0.15, -0.1) is 0 Å². The predicted octanol–water partition coefficient (Wildman–Crippen LogP) is 2.82. The van der Waals surface area contributed by atoms with Crippen LogP contribution in [0, 0.1) is 11.8 Å². The lowest BCUT2D eigenvalue weighted by Crippen LogP contribution is -2.42. The first-order chi connectivity index (χ1) is 12.8. The first-order valence-corrected chi connectivity index (χ1v) is 10.7. The Morgan fingerprint density at radius 1 is 1.19 bits per heavy atom. The van der Waals surface area contributed by atoms with E-state index in [0.29, 0.717) is 42.7 Å². The number of anilines is 1. The first-order valence-electron chi connectivity index (χ1n) is 9.23. The summed E-state index contributed by atoms with van der Waals surface area (Å²) in [5, 5.41) is 6.85. The molecule has 0 radical (unpaired) electrons. The number of aryl methyl sites for hydroxylation is 1. The van der Waals surface area contributed by atoms with E-state index in [9.17, 15) is 13.2 Å². The van der Waals surface area contributed by atoms with Gasteiger partial charge in [0.2, 0.25) is 10.0 Å². The number of rotatable bonds is 5. The van der Waals surface area contributed by atoms with Crippen LogP contribution >= 0.6 is 0 Å². The van der Waals surface area contributed by atoms with Crippen molar-refractivity contribution in [3.8, 4) is 0 Å². The highest BCUT2D eigenvalue weighted by atomic mass is 32.2. The predicted molar refractivity (Wildman–Crippen MR) is 104 cm³/mol. The Morgan fingerprint density at radius 3 is 2.37 bits per heavy atom. The molecule has 2 aromatic rings. The van der Waals surface area contributed by atoms with Crippen molar-refractivity contribution in [3.63, 3.8) is 0 Å². The molecule has 0 saturated carbocycles. The van der Waals surface area contributed by atoms with Crippen LogP contribution in [0.1, 0.15) is 37.6 Å². The van der Waals surface area contributed by atoms with Crippen molar-refractivity contribution in [3.05, 3.63) is 42.2 Å². The Hall–Kier alpha value is -2.19. The second-order valence-corrected chi connectivity index (χ2v) is 9.27. The molecule has 1 aromatic heterocycles. The molecule has 146 valence electrons. The van der Waals surface area contributed by atoms with Gasteiger partial charge < -0.3 is 5.32 Å². The van der Waals surface area contributed by atoms with Gasteiger partial charge in [-0.1, -0.05) is 13.8 Å². The third-order valence-corrected chi connectivity index (χ3v) is 6.65. The molecule has 1 saturated heterocycles. The topological polar surface area (TPSA) is 84.3 Å². The third-order valence-electron chi connectivity index (χ3n) is 4.80. The molecule has 27 heavy (non-hydrogen) atoms. The SMILES string of the molecule is CCn1cc(C(=O)Nc2ccc(S(=O)(=O)N3CC(C)CC(C)C3)cc2)cn1. The Bertz CT molecular complexity index is 895. The summed E-state index contributed by atoms with van der Waals surface area (Å²) in [5.74, 6) is 0.432. The quantitative estimate of drug-likeness (QED) is 0.851. The van der Waals surface area contributed by atoms with Crippen LogP contribution < -0.4 is 5.32 Å². The monoisotopic (exact) mass is 390 g/mol. The minimum Gasteiger partial charge on any atom is -0.322 e. The third kappa shape index (κ3) is 4.39. The highest BCUT2D eigenvalue weighted by Crippen LogP contribution is 2.27.